The van der Waals surface area contributed by atoms with Gasteiger partial charge in [0.2, 0.25) is 0 Å². The first kappa shape index (κ1) is 13.4. The number of allylic oxidation sites excluding steroid dienone is 1. The minimum Gasteiger partial charge on any atom is -0.373 e. The van der Waals surface area contributed by atoms with Gasteiger partial charge >= 0.3 is 0 Å². The van der Waals surface area contributed by atoms with Gasteiger partial charge in [-0.2, -0.15) is 0 Å². The van der Waals surface area contributed by atoms with E-state index >= 15 is 0 Å². The third kappa shape index (κ3) is 4.93. The van der Waals surface area contributed by atoms with Gasteiger partial charge in [-0.05, 0) is 38.0 Å². The highest BCUT2D eigenvalue weighted by Crippen LogP contribution is 2.21. The average Bonchev–Trinajstić information content (AvgIpc) is 2.24. The molecule has 0 aromatic carbocycles. The van der Waals surface area contributed by atoms with E-state index in [0.717, 1.165) is 12.8 Å². The van der Waals surface area contributed by atoms with Crippen LogP contribution in [0, 0.1) is 5.92 Å². The smallest absolute Gasteiger partial charge is 0.0818 e. The van der Waals surface area contributed by atoms with E-state index in [1.807, 2.05) is 12.3 Å². The predicted molar refractivity (Wildman–Crippen MR) is 70.1 cm³/mol. The quantitative estimate of drug-likeness (QED) is 0.455. The zero-order valence-corrected chi connectivity index (χ0v) is 10.7. The molecule has 0 saturated heterocycles. The Kier molecular flexibility index (Phi) is 6.39. The number of rotatable bonds is 8. The van der Waals surface area contributed by atoms with Gasteiger partial charge in [0.1, 0.15) is 0 Å². The molecule has 1 aliphatic rings. The van der Waals surface area contributed by atoms with E-state index in [4.69, 9.17) is 4.74 Å². The lowest BCUT2D eigenvalue weighted by Gasteiger charge is -2.24. The molecule has 0 heterocycles. The van der Waals surface area contributed by atoms with Gasteiger partial charge in [-0.15, -0.1) is 6.58 Å². The van der Waals surface area contributed by atoms with Crippen molar-refractivity contribution in [2.75, 3.05) is 6.61 Å². The van der Waals surface area contributed by atoms with Crippen LogP contribution in [0.5, 0.6) is 0 Å². The lowest BCUT2D eigenvalue weighted by molar-refractivity contribution is 0.0259. The van der Waals surface area contributed by atoms with Gasteiger partial charge in [-0.25, -0.2) is 0 Å². The molecule has 2 heteroatoms. The Bertz CT molecular complexity index is 221. The first-order chi connectivity index (χ1) is 7.76. The predicted octanol–water partition coefficient (Wildman–Crippen LogP) is 3.62. The third-order valence-electron chi connectivity index (χ3n) is 3.29. The highest BCUT2D eigenvalue weighted by Gasteiger charge is 2.16. The van der Waals surface area contributed by atoms with Crippen molar-refractivity contribution >= 4 is 6.21 Å². The summed E-state index contributed by atoms with van der Waals surface area (Å²) in [4.78, 5) is 4.56. The van der Waals surface area contributed by atoms with Crippen molar-refractivity contribution in [2.45, 2.75) is 58.1 Å². The van der Waals surface area contributed by atoms with Gasteiger partial charge in [0.15, 0.2) is 0 Å². The first-order valence-corrected chi connectivity index (χ1v) is 6.52. The van der Waals surface area contributed by atoms with Gasteiger partial charge in [-0.3, -0.25) is 4.99 Å². The van der Waals surface area contributed by atoms with Crippen LogP contribution in [0.4, 0.5) is 0 Å². The normalized spacial score (nSPS) is 20.6. The molecule has 0 amide bonds. The maximum atomic E-state index is 5.63. The molecular formula is C14H25NO. The molecule has 1 fully saturated rings. The van der Waals surface area contributed by atoms with Crippen LogP contribution in [0.1, 0.15) is 46.0 Å². The Morgan fingerprint density at radius 3 is 2.75 bits per heavy atom. The van der Waals surface area contributed by atoms with Crippen LogP contribution in [0.25, 0.3) is 0 Å². The van der Waals surface area contributed by atoms with E-state index in [1.54, 1.807) is 0 Å². The highest BCUT2D eigenvalue weighted by molar-refractivity contribution is 5.58. The van der Waals surface area contributed by atoms with Crippen molar-refractivity contribution in [3.05, 3.63) is 12.7 Å². The van der Waals surface area contributed by atoms with Crippen molar-refractivity contribution in [2.24, 2.45) is 10.9 Å². The number of hydrogen-bond acceptors (Lipinski definition) is 2. The highest BCUT2D eigenvalue weighted by atomic mass is 16.5. The molecule has 2 unspecified atom stereocenters. The van der Waals surface area contributed by atoms with E-state index in [0.29, 0.717) is 24.7 Å². The average molecular weight is 223 g/mol. The first-order valence-electron chi connectivity index (χ1n) is 6.52. The van der Waals surface area contributed by atoms with Crippen LogP contribution in [0.3, 0.4) is 0 Å². The fraction of sp³-hybridized carbons (Fsp3) is 0.786. The molecule has 0 aliphatic heterocycles. The lowest BCUT2D eigenvalue weighted by Crippen LogP contribution is -2.22. The molecule has 1 aliphatic carbocycles. The van der Waals surface area contributed by atoms with Gasteiger partial charge < -0.3 is 4.74 Å². The summed E-state index contributed by atoms with van der Waals surface area (Å²) in [5.41, 5.74) is 0. The monoisotopic (exact) mass is 223 g/mol. The van der Waals surface area contributed by atoms with E-state index in [1.165, 1.54) is 19.3 Å². The fourth-order valence-corrected chi connectivity index (χ4v) is 1.77. The van der Waals surface area contributed by atoms with Crippen molar-refractivity contribution in [3.63, 3.8) is 0 Å². The summed E-state index contributed by atoms with van der Waals surface area (Å²) < 4.78 is 5.63. The van der Waals surface area contributed by atoms with Crippen LogP contribution >= 0.6 is 0 Å². The molecule has 0 bridgehead atoms. The Morgan fingerprint density at radius 2 is 2.25 bits per heavy atom. The van der Waals surface area contributed by atoms with Crippen LogP contribution in [0.2, 0.25) is 0 Å². The largest absolute Gasteiger partial charge is 0.373 e. The zero-order chi connectivity index (χ0) is 11.8. The molecule has 1 saturated carbocycles. The molecular weight excluding hydrogens is 198 g/mol. The summed E-state index contributed by atoms with van der Waals surface area (Å²) >= 11 is 0. The molecule has 92 valence electrons. The number of nitrogens with zero attached hydrogens (tertiary/aromatic N) is 1. The molecule has 0 aromatic rings. The van der Waals surface area contributed by atoms with Gasteiger partial charge in [-0.1, -0.05) is 19.9 Å². The fourth-order valence-electron chi connectivity index (χ4n) is 1.77. The van der Waals surface area contributed by atoms with Crippen LogP contribution in [-0.2, 0) is 4.74 Å². The second kappa shape index (κ2) is 7.61. The number of ether oxygens (including phenoxy) is 1. The van der Waals surface area contributed by atoms with Crippen LogP contribution < -0.4 is 0 Å². The Hall–Kier alpha value is -0.630. The Labute approximate surface area is 99.8 Å². The van der Waals surface area contributed by atoms with E-state index in [2.05, 4.69) is 25.4 Å². The van der Waals surface area contributed by atoms with E-state index < -0.39 is 0 Å². The van der Waals surface area contributed by atoms with Crippen molar-refractivity contribution in [1.29, 1.82) is 0 Å². The third-order valence-corrected chi connectivity index (χ3v) is 3.29. The SMILES string of the molecule is C=CC(C)CC(CC)N=CCOC1CCC1. The number of hydrogen-bond donors (Lipinski definition) is 0. The second-order valence-electron chi connectivity index (χ2n) is 4.73. The topological polar surface area (TPSA) is 21.6 Å². The van der Waals surface area contributed by atoms with E-state index in [-0.39, 0.29) is 0 Å². The maximum Gasteiger partial charge on any atom is 0.0818 e. The summed E-state index contributed by atoms with van der Waals surface area (Å²) in [5, 5.41) is 0. The second-order valence-corrected chi connectivity index (χ2v) is 4.73. The lowest BCUT2D eigenvalue weighted by atomic mass is 9.96. The van der Waals surface area contributed by atoms with Crippen molar-refractivity contribution < 1.29 is 4.74 Å². The molecule has 1 rings (SSSR count). The summed E-state index contributed by atoms with van der Waals surface area (Å²) in [6, 6.07) is 0.429. The van der Waals surface area contributed by atoms with Gasteiger partial charge in [0.05, 0.1) is 12.7 Å². The molecule has 2 nitrogen and oxygen atoms in total. The van der Waals surface area contributed by atoms with Crippen LogP contribution in [-0.4, -0.2) is 25.0 Å². The summed E-state index contributed by atoms with van der Waals surface area (Å²) in [5.74, 6) is 0.551. The molecule has 16 heavy (non-hydrogen) atoms. The summed E-state index contributed by atoms with van der Waals surface area (Å²) in [6.45, 7) is 8.87. The maximum absolute atomic E-state index is 5.63. The molecule has 0 radical (unpaired) electrons. The zero-order valence-electron chi connectivity index (χ0n) is 10.7. The standard InChI is InChI=1S/C14H25NO/c1-4-12(3)11-13(5-2)15-9-10-16-14-7-6-8-14/h4,9,12-14H,1,5-8,10-11H2,2-3H3. The van der Waals surface area contributed by atoms with Gasteiger partial charge in [0, 0.05) is 12.3 Å². The van der Waals surface area contributed by atoms with Gasteiger partial charge in [0.25, 0.3) is 0 Å². The summed E-state index contributed by atoms with van der Waals surface area (Å²) in [7, 11) is 0. The van der Waals surface area contributed by atoms with Crippen LogP contribution in [0.15, 0.2) is 17.6 Å². The molecule has 0 aromatic heterocycles. The number of aliphatic imine (C=N–C) groups is 1. The minimum absolute atomic E-state index is 0.429. The molecule has 0 spiro atoms. The van der Waals surface area contributed by atoms with Crippen molar-refractivity contribution in [1.82, 2.24) is 0 Å². The Morgan fingerprint density at radius 1 is 1.50 bits per heavy atom. The summed E-state index contributed by atoms with van der Waals surface area (Å²) in [6.07, 6.45) is 10.5. The Balaban J connectivity index is 2.14. The van der Waals surface area contributed by atoms with Crippen molar-refractivity contribution in [3.8, 4) is 0 Å². The molecule has 0 N–H and O–H groups in total. The minimum atomic E-state index is 0.429. The molecule has 2 atom stereocenters. The van der Waals surface area contributed by atoms with E-state index in [9.17, 15) is 0 Å².